The van der Waals surface area contributed by atoms with E-state index in [1.807, 2.05) is 0 Å². The summed E-state index contributed by atoms with van der Waals surface area (Å²) in [4.78, 5) is 12.5. The smallest absolute Gasteiger partial charge is 0.417 e. The number of benzene rings is 1. The average molecular weight is 431 g/mol. The molecule has 148 valence electrons. The Morgan fingerprint density at radius 3 is 2.71 bits per heavy atom. The monoisotopic (exact) mass is 430 g/mol. The van der Waals surface area contributed by atoms with Crippen LogP contribution >= 0.6 is 23.4 Å². The Bertz CT molecular complexity index is 1030. The summed E-state index contributed by atoms with van der Waals surface area (Å²) in [7, 11) is 1.46. The fraction of sp³-hybridized carbons (Fsp3) is 0.235. The second-order valence-electron chi connectivity index (χ2n) is 5.72. The maximum atomic E-state index is 12.9. The van der Waals surface area contributed by atoms with Gasteiger partial charge in [-0.2, -0.15) is 13.2 Å². The molecule has 0 saturated heterocycles. The first kappa shape index (κ1) is 20.3. The fourth-order valence-corrected chi connectivity index (χ4v) is 3.34. The molecule has 2 aromatic heterocycles. The zero-order chi connectivity index (χ0) is 20.5. The first-order chi connectivity index (χ1) is 13.2. The van der Waals surface area contributed by atoms with Crippen LogP contribution in [0, 0.1) is 0 Å². The van der Waals surface area contributed by atoms with Crippen LogP contribution in [0.15, 0.2) is 41.7 Å². The summed E-state index contributed by atoms with van der Waals surface area (Å²) in [6.07, 6.45) is -3.59. The summed E-state index contributed by atoms with van der Waals surface area (Å²) in [6.45, 7) is 1.60. The highest BCUT2D eigenvalue weighted by atomic mass is 35.5. The van der Waals surface area contributed by atoms with Gasteiger partial charge in [-0.05, 0) is 37.3 Å². The number of rotatable bonds is 5. The van der Waals surface area contributed by atoms with Gasteiger partial charge in [0.15, 0.2) is 10.8 Å². The summed E-state index contributed by atoms with van der Waals surface area (Å²) in [5.41, 5.74) is -0.194. The minimum absolute atomic E-state index is 0.168. The molecule has 0 radical (unpaired) electrons. The first-order valence-corrected chi connectivity index (χ1v) is 9.18. The summed E-state index contributed by atoms with van der Waals surface area (Å²) < 4.78 is 45.2. The maximum Gasteiger partial charge on any atom is 0.417 e. The van der Waals surface area contributed by atoms with Gasteiger partial charge < -0.3 is 10.1 Å². The number of nitrogens with one attached hydrogen (secondary N) is 1. The molecule has 3 rings (SSSR count). The van der Waals surface area contributed by atoms with E-state index in [1.54, 1.807) is 19.1 Å². The molecular weight excluding hydrogens is 417 g/mol. The second kappa shape index (κ2) is 7.88. The highest BCUT2D eigenvalue weighted by molar-refractivity contribution is 8.00. The standard InChI is InChI=1S/C17H14ClF3N4O2S/c1-9(15(26)22-12-7-11(18)4-5-13(12)27-2)28-16-24-23-14-6-3-10(8-25(14)16)17(19,20)21/h3-9H,1-2H3,(H,22,26). The molecule has 2 heterocycles. The zero-order valence-corrected chi connectivity index (χ0v) is 16.2. The number of carbonyl (C=O) groups excluding carboxylic acids is 1. The van der Waals surface area contributed by atoms with Crippen LogP contribution in [0.5, 0.6) is 5.75 Å². The normalized spacial score (nSPS) is 12.8. The van der Waals surface area contributed by atoms with Crippen molar-refractivity contribution in [1.29, 1.82) is 0 Å². The van der Waals surface area contributed by atoms with E-state index >= 15 is 0 Å². The number of aromatic nitrogens is 3. The molecule has 3 aromatic rings. The topological polar surface area (TPSA) is 68.5 Å². The average Bonchev–Trinajstić information content (AvgIpc) is 3.03. The predicted octanol–water partition coefficient (Wildman–Crippen LogP) is 4.53. The lowest BCUT2D eigenvalue weighted by Crippen LogP contribution is -2.23. The van der Waals surface area contributed by atoms with Gasteiger partial charge in [0.1, 0.15) is 5.75 Å². The van der Waals surface area contributed by atoms with E-state index in [0.29, 0.717) is 16.5 Å². The number of pyridine rings is 1. The maximum absolute atomic E-state index is 12.9. The lowest BCUT2D eigenvalue weighted by molar-refractivity contribution is -0.137. The van der Waals surface area contributed by atoms with Crippen molar-refractivity contribution in [2.45, 2.75) is 23.5 Å². The number of halogens is 4. The van der Waals surface area contributed by atoms with Crippen LogP contribution in [0.4, 0.5) is 18.9 Å². The Labute approximate surface area is 167 Å². The molecule has 0 saturated carbocycles. The van der Waals surface area contributed by atoms with E-state index in [2.05, 4.69) is 15.5 Å². The number of hydrogen-bond acceptors (Lipinski definition) is 5. The predicted molar refractivity (Wildman–Crippen MR) is 99.9 cm³/mol. The molecule has 1 amide bonds. The van der Waals surface area contributed by atoms with Crippen molar-refractivity contribution in [3.63, 3.8) is 0 Å². The van der Waals surface area contributed by atoms with E-state index in [9.17, 15) is 18.0 Å². The quantitative estimate of drug-likeness (QED) is 0.602. The molecule has 1 unspecified atom stereocenters. The van der Waals surface area contributed by atoms with Gasteiger partial charge in [0.25, 0.3) is 0 Å². The van der Waals surface area contributed by atoms with Crippen LogP contribution < -0.4 is 10.1 Å². The van der Waals surface area contributed by atoms with E-state index in [-0.39, 0.29) is 10.8 Å². The van der Waals surface area contributed by atoms with Gasteiger partial charge in [0, 0.05) is 11.2 Å². The molecule has 0 aliphatic carbocycles. The Kier molecular flexibility index (Phi) is 5.71. The molecule has 0 bridgehead atoms. The lowest BCUT2D eigenvalue weighted by Gasteiger charge is -2.14. The number of nitrogens with zero attached hydrogens (tertiary/aromatic N) is 3. The molecule has 0 aliphatic rings. The van der Waals surface area contributed by atoms with Gasteiger partial charge in [-0.15, -0.1) is 10.2 Å². The van der Waals surface area contributed by atoms with Crippen molar-refractivity contribution in [1.82, 2.24) is 14.6 Å². The number of fused-ring (bicyclic) bond motifs is 1. The molecule has 1 N–H and O–H groups in total. The Hall–Kier alpha value is -2.46. The van der Waals surface area contributed by atoms with Crippen molar-refractivity contribution >= 4 is 40.6 Å². The molecule has 1 aromatic carbocycles. The van der Waals surface area contributed by atoms with Gasteiger partial charge in [-0.1, -0.05) is 23.4 Å². The lowest BCUT2D eigenvalue weighted by atomic mass is 10.3. The second-order valence-corrected chi connectivity index (χ2v) is 7.46. The highest BCUT2D eigenvalue weighted by Crippen LogP contribution is 2.32. The van der Waals surface area contributed by atoms with Gasteiger partial charge in [0.05, 0.1) is 23.6 Å². The van der Waals surface area contributed by atoms with Gasteiger partial charge >= 0.3 is 6.18 Å². The summed E-state index contributed by atoms with van der Waals surface area (Å²) >= 11 is 6.92. The minimum atomic E-state index is -4.49. The molecule has 11 heteroatoms. The van der Waals surface area contributed by atoms with Crippen molar-refractivity contribution in [3.8, 4) is 5.75 Å². The van der Waals surface area contributed by atoms with E-state index < -0.39 is 22.9 Å². The number of alkyl halides is 3. The van der Waals surface area contributed by atoms with Crippen LogP contribution in [0.3, 0.4) is 0 Å². The van der Waals surface area contributed by atoms with Gasteiger partial charge in [-0.25, -0.2) is 0 Å². The van der Waals surface area contributed by atoms with Crippen molar-refractivity contribution in [2.24, 2.45) is 0 Å². The number of carbonyl (C=O) groups is 1. The Morgan fingerprint density at radius 1 is 1.29 bits per heavy atom. The third-order valence-electron chi connectivity index (χ3n) is 3.77. The van der Waals surface area contributed by atoms with Crippen LogP contribution in [-0.4, -0.2) is 32.9 Å². The van der Waals surface area contributed by atoms with E-state index in [4.69, 9.17) is 16.3 Å². The first-order valence-electron chi connectivity index (χ1n) is 7.92. The molecule has 0 aliphatic heterocycles. The number of ether oxygens (including phenoxy) is 1. The van der Waals surface area contributed by atoms with Crippen molar-refractivity contribution in [3.05, 3.63) is 47.1 Å². The zero-order valence-electron chi connectivity index (χ0n) is 14.6. The largest absolute Gasteiger partial charge is 0.495 e. The van der Waals surface area contributed by atoms with E-state index in [1.165, 1.54) is 23.6 Å². The molecule has 6 nitrogen and oxygen atoms in total. The minimum Gasteiger partial charge on any atom is -0.495 e. The summed E-state index contributed by atoms with van der Waals surface area (Å²) in [5, 5.41) is 10.3. The van der Waals surface area contributed by atoms with Crippen LogP contribution in [-0.2, 0) is 11.0 Å². The number of methoxy groups -OCH3 is 1. The molecule has 1 atom stereocenters. The molecule has 0 fully saturated rings. The number of anilines is 1. The summed E-state index contributed by atoms with van der Waals surface area (Å²) in [6, 6.07) is 6.93. The Morgan fingerprint density at radius 2 is 2.04 bits per heavy atom. The van der Waals surface area contributed by atoms with E-state index in [0.717, 1.165) is 24.0 Å². The third-order valence-corrected chi connectivity index (χ3v) is 5.06. The van der Waals surface area contributed by atoms with Crippen LogP contribution in [0.1, 0.15) is 12.5 Å². The third kappa shape index (κ3) is 4.33. The number of thioether (sulfide) groups is 1. The highest BCUT2D eigenvalue weighted by Gasteiger charge is 2.31. The molecule has 0 spiro atoms. The summed E-state index contributed by atoms with van der Waals surface area (Å²) in [5.74, 6) is 0.0342. The van der Waals surface area contributed by atoms with Crippen molar-refractivity contribution in [2.75, 3.05) is 12.4 Å². The van der Waals surface area contributed by atoms with Gasteiger partial charge in [-0.3, -0.25) is 9.20 Å². The fourth-order valence-electron chi connectivity index (χ4n) is 2.34. The van der Waals surface area contributed by atoms with Crippen LogP contribution in [0.2, 0.25) is 5.02 Å². The SMILES string of the molecule is COc1ccc(Cl)cc1NC(=O)C(C)Sc1nnc2ccc(C(F)(F)F)cn12. The van der Waals surface area contributed by atoms with Crippen LogP contribution in [0.25, 0.3) is 5.65 Å². The van der Waals surface area contributed by atoms with Gasteiger partial charge in [0.2, 0.25) is 5.91 Å². The molecular formula is C17H14ClF3N4O2S. The van der Waals surface area contributed by atoms with Crippen molar-refractivity contribution < 1.29 is 22.7 Å². The number of hydrogen-bond donors (Lipinski definition) is 1. The number of amides is 1. The Balaban J connectivity index is 1.80. The molecule has 28 heavy (non-hydrogen) atoms.